The molecule has 0 saturated heterocycles. The Kier molecular flexibility index (Phi) is 3.82. The van der Waals surface area contributed by atoms with E-state index in [1.165, 1.54) is 6.07 Å². The first-order valence-corrected chi connectivity index (χ1v) is 6.59. The van der Waals surface area contributed by atoms with E-state index < -0.39 is 0 Å². The highest BCUT2D eigenvalue weighted by atomic mass is 79.9. The van der Waals surface area contributed by atoms with Crippen molar-refractivity contribution in [2.24, 2.45) is 11.8 Å². The molecule has 1 aliphatic rings. The highest BCUT2D eigenvalue weighted by Gasteiger charge is 2.38. The molecule has 2 rings (SSSR count). The molecule has 1 aromatic carbocycles. The summed E-state index contributed by atoms with van der Waals surface area (Å²) in [6.45, 7) is 2.56. The van der Waals surface area contributed by atoms with Crippen LogP contribution in [0.5, 0.6) is 0 Å². The van der Waals surface area contributed by atoms with E-state index in [0.717, 1.165) is 10.9 Å². The zero-order chi connectivity index (χ0) is 12.4. The number of nitrogens with one attached hydrogen (secondary N) is 1. The number of carbonyl (C=O) groups excluding carboxylic acids is 1. The van der Waals surface area contributed by atoms with Gasteiger partial charge < -0.3 is 5.32 Å². The summed E-state index contributed by atoms with van der Waals surface area (Å²) in [7, 11) is 0. The minimum atomic E-state index is -0.220. The molecule has 0 aliphatic heterocycles. The van der Waals surface area contributed by atoms with Crippen LogP contribution in [0.3, 0.4) is 0 Å². The first-order valence-electron chi connectivity index (χ1n) is 5.79. The quantitative estimate of drug-likeness (QED) is 0.910. The van der Waals surface area contributed by atoms with Gasteiger partial charge in [-0.3, -0.25) is 4.79 Å². The Morgan fingerprint density at radius 3 is 2.94 bits per heavy atom. The van der Waals surface area contributed by atoms with Crippen LogP contribution in [-0.4, -0.2) is 12.5 Å². The molecule has 0 aromatic heterocycles. The van der Waals surface area contributed by atoms with Crippen LogP contribution in [0.25, 0.3) is 0 Å². The van der Waals surface area contributed by atoms with Gasteiger partial charge in [-0.15, -0.1) is 0 Å². The van der Waals surface area contributed by atoms with Crippen LogP contribution in [0, 0.1) is 17.7 Å². The van der Waals surface area contributed by atoms with E-state index in [-0.39, 0.29) is 17.6 Å². The topological polar surface area (TPSA) is 29.1 Å². The Balaban J connectivity index is 1.81. The summed E-state index contributed by atoms with van der Waals surface area (Å²) < 4.78 is 14.3. The molecule has 17 heavy (non-hydrogen) atoms. The lowest BCUT2D eigenvalue weighted by Gasteiger charge is -2.06. The van der Waals surface area contributed by atoms with Crippen LogP contribution < -0.4 is 5.32 Å². The fraction of sp³-hybridized carbons (Fsp3) is 0.462. The minimum absolute atomic E-state index is 0.105. The average Bonchev–Trinajstić information content (AvgIpc) is 3.00. The second-order valence-corrected chi connectivity index (χ2v) is 5.51. The normalized spacial score (nSPS) is 22.3. The summed E-state index contributed by atoms with van der Waals surface area (Å²) in [5.74, 6) is 0.579. The third-order valence-corrected chi connectivity index (χ3v) is 3.64. The van der Waals surface area contributed by atoms with Gasteiger partial charge in [0.25, 0.3) is 0 Å². The molecule has 0 bridgehead atoms. The third kappa shape index (κ3) is 3.28. The molecule has 2 atom stereocenters. The predicted octanol–water partition coefficient (Wildman–Crippen LogP) is 2.90. The van der Waals surface area contributed by atoms with Crippen LogP contribution in [-0.2, 0) is 11.2 Å². The van der Waals surface area contributed by atoms with Crippen LogP contribution in [0.4, 0.5) is 4.39 Å². The largest absolute Gasteiger partial charge is 0.356 e. The SMILES string of the molecule is C[C@@H]1C[C@@H]1C(=O)NCCc1cc(Br)ccc1F. The molecule has 1 N–H and O–H groups in total. The maximum Gasteiger partial charge on any atom is 0.223 e. The van der Waals surface area contributed by atoms with Gasteiger partial charge in [0.2, 0.25) is 5.91 Å². The van der Waals surface area contributed by atoms with Crippen molar-refractivity contribution in [2.75, 3.05) is 6.54 Å². The van der Waals surface area contributed by atoms with Crippen molar-refractivity contribution < 1.29 is 9.18 Å². The predicted molar refractivity (Wildman–Crippen MR) is 68.1 cm³/mol. The Hall–Kier alpha value is -0.900. The lowest BCUT2D eigenvalue weighted by Crippen LogP contribution is -2.27. The monoisotopic (exact) mass is 299 g/mol. The Morgan fingerprint density at radius 1 is 1.59 bits per heavy atom. The molecule has 0 unspecified atom stereocenters. The molecule has 0 radical (unpaired) electrons. The maximum atomic E-state index is 13.4. The summed E-state index contributed by atoms with van der Waals surface area (Å²) in [5.41, 5.74) is 0.628. The van der Waals surface area contributed by atoms with E-state index in [2.05, 4.69) is 28.2 Å². The molecule has 1 aliphatic carbocycles. The van der Waals surface area contributed by atoms with Crippen molar-refractivity contribution in [1.82, 2.24) is 5.32 Å². The lowest BCUT2D eigenvalue weighted by molar-refractivity contribution is -0.122. The molecule has 2 nitrogen and oxygen atoms in total. The standard InChI is InChI=1S/C13H15BrFNO/c1-8-6-11(8)13(17)16-5-4-9-7-10(14)2-3-12(9)15/h2-3,7-8,11H,4-6H2,1H3,(H,16,17)/t8-,11+/m1/s1. The second kappa shape index (κ2) is 5.17. The van der Waals surface area contributed by atoms with Crippen molar-refractivity contribution in [1.29, 1.82) is 0 Å². The molecule has 0 spiro atoms. The molecular weight excluding hydrogens is 285 g/mol. The summed E-state index contributed by atoms with van der Waals surface area (Å²) in [6, 6.07) is 4.86. The summed E-state index contributed by atoms with van der Waals surface area (Å²) in [4.78, 5) is 11.5. The second-order valence-electron chi connectivity index (χ2n) is 4.60. The van der Waals surface area contributed by atoms with Gasteiger partial charge in [0, 0.05) is 16.9 Å². The van der Waals surface area contributed by atoms with E-state index in [0.29, 0.717) is 24.4 Å². The Labute approximate surface area is 109 Å². The van der Waals surface area contributed by atoms with Gasteiger partial charge in [-0.25, -0.2) is 4.39 Å². The number of rotatable bonds is 4. The van der Waals surface area contributed by atoms with Crippen molar-refractivity contribution in [3.63, 3.8) is 0 Å². The third-order valence-electron chi connectivity index (χ3n) is 3.15. The highest BCUT2D eigenvalue weighted by Crippen LogP contribution is 2.37. The lowest BCUT2D eigenvalue weighted by atomic mass is 10.1. The molecular formula is C13H15BrFNO. The number of benzene rings is 1. The highest BCUT2D eigenvalue weighted by molar-refractivity contribution is 9.10. The van der Waals surface area contributed by atoms with Gasteiger partial charge >= 0.3 is 0 Å². The fourth-order valence-electron chi connectivity index (χ4n) is 1.87. The van der Waals surface area contributed by atoms with Gasteiger partial charge in [-0.2, -0.15) is 0 Å². The van der Waals surface area contributed by atoms with E-state index in [1.807, 2.05) is 0 Å². The van der Waals surface area contributed by atoms with Gasteiger partial charge in [-0.05, 0) is 42.5 Å². The van der Waals surface area contributed by atoms with Crippen molar-refractivity contribution >= 4 is 21.8 Å². The van der Waals surface area contributed by atoms with Gasteiger partial charge in [0.15, 0.2) is 0 Å². The molecule has 1 saturated carbocycles. The summed E-state index contributed by atoms with van der Waals surface area (Å²) in [6.07, 6.45) is 1.51. The van der Waals surface area contributed by atoms with Gasteiger partial charge in [-0.1, -0.05) is 22.9 Å². The smallest absolute Gasteiger partial charge is 0.223 e. The van der Waals surface area contributed by atoms with Crippen LogP contribution in [0.1, 0.15) is 18.9 Å². The first kappa shape index (κ1) is 12.6. The number of hydrogen-bond donors (Lipinski definition) is 1. The summed E-state index contributed by atoms with van der Waals surface area (Å²) >= 11 is 3.30. The first-order chi connectivity index (χ1) is 8.08. The van der Waals surface area contributed by atoms with Crippen molar-refractivity contribution in [3.8, 4) is 0 Å². The van der Waals surface area contributed by atoms with Gasteiger partial charge in [0.1, 0.15) is 5.82 Å². The van der Waals surface area contributed by atoms with Crippen LogP contribution >= 0.6 is 15.9 Å². The zero-order valence-corrected chi connectivity index (χ0v) is 11.3. The average molecular weight is 300 g/mol. The molecule has 4 heteroatoms. The van der Waals surface area contributed by atoms with E-state index in [1.54, 1.807) is 12.1 Å². The van der Waals surface area contributed by atoms with E-state index >= 15 is 0 Å². The van der Waals surface area contributed by atoms with Crippen LogP contribution in [0.15, 0.2) is 22.7 Å². The number of halogens is 2. The molecule has 1 aromatic rings. The zero-order valence-electron chi connectivity index (χ0n) is 9.67. The molecule has 1 fully saturated rings. The molecule has 1 amide bonds. The number of amides is 1. The van der Waals surface area contributed by atoms with Gasteiger partial charge in [0.05, 0.1) is 0 Å². The minimum Gasteiger partial charge on any atom is -0.356 e. The Bertz CT molecular complexity index is 435. The summed E-state index contributed by atoms with van der Waals surface area (Å²) in [5, 5.41) is 2.85. The molecule has 92 valence electrons. The van der Waals surface area contributed by atoms with E-state index in [4.69, 9.17) is 0 Å². The van der Waals surface area contributed by atoms with Crippen molar-refractivity contribution in [3.05, 3.63) is 34.1 Å². The van der Waals surface area contributed by atoms with Crippen molar-refractivity contribution in [2.45, 2.75) is 19.8 Å². The molecule has 0 heterocycles. The van der Waals surface area contributed by atoms with E-state index in [9.17, 15) is 9.18 Å². The fourth-order valence-corrected chi connectivity index (χ4v) is 2.28. The maximum absolute atomic E-state index is 13.4. The number of carbonyl (C=O) groups is 1. The Morgan fingerprint density at radius 2 is 2.29 bits per heavy atom. The number of hydrogen-bond acceptors (Lipinski definition) is 1. The van der Waals surface area contributed by atoms with Crippen LogP contribution in [0.2, 0.25) is 0 Å².